The molecule has 1 aliphatic heterocycles. The Balaban J connectivity index is 1.77. The third-order valence-corrected chi connectivity index (χ3v) is 5.14. The van der Waals surface area contributed by atoms with Gasteiger partial charge >= 0.3 is 6.09 Å². The van der Waals surface area contributed by atoms with Gasteiger partial charge in [-0.25, -0.2) is 9.18 Å². The molecule has 1 saturated heterocycles. The van der Waals surface area contributed by atoms with Crippen molar-refractivity contribution in [3.05, 3.63) is 35.6 Å². The molecule has 5 nitrogen and oxygen atoms in total. The van der Waals surface area contributed by atoms with Gasteiger partial charge in [-0.2, -0.15) is 0 Å². The molecular formula is C18H24FNO4. The average Bonchev–Trinajstić information content (AvgIpc) is 2.56. The second-order valence-electron chi connectivity index (χ2n) is 6.72. The molecule has 6 heteroatoms. The molecular weight excluding hydrogens is 313 g/mol. The molecule has 1 heterocycles. The van der Waals surface area contributed by atoms with Crippen molar-refractivity contribution in [3.8, 4) is 0 Å². The van der Waals surface area contributed by atoms with Crippen LogP contribution >= 0.6 is 0 Å². The van der Waals surface area contributed by atoms with Crippen molar-refractivity contribution < 1.29 is 23.8 Å². The van der Waals surface area contributed by atoms with Gasteiger partial charge in [-0.3, -0.25) is 4.90 Å². The van der Waals surface area contributed by atoms with Gasteiger partial charge in [0.1, 0.15) is 12.5 Å². The minimum Gasteiger partial charge on any atom is -0.465 e. The molecule has 3 atom stereocenters. The van der Waals surface area contributed by atoms with E-state index in [0.29, 0.717) is 19.6 Å². The standard InChI is InChI=1S/C18H24FNO4/c1-2-23-16-9-14(13-3-5-15(19)6-4-13)10-18(11-16)7-8-20(12-24-18)17(21)22/h3-6,14,16H,2,7-12H2,1H3,(H,21,22)/t14?,16?,18-/m1/s1. The molecule has 1 aromatic carbocycles. The summed E-state index contributed by atoms with van der Waals surface area (Å²) in [7, 11) is 0. The van der Waals surface area contributed by atoms with Crippen molar-refractivity contribution in [2.45, 2.75) is 50.2 Å². The first-order chi connectivity index (χ1) is 11.5. The first-order valence-corrected chi connectivity index (χ1v) is 8.50. The van der Waals surface area contributed by atoms with E-state index in [1.165, 1.54) is 17.0 Å². The van der Waals surface area contributed by atoms with Crippen LogP contribution in [0.2, 0.25) is 0 Å². The highest BCUT2D eigenvalue weighted by atomic mass is 19.1. The van der Waals surface area contributed by atoms with Crippen LogP contribution in [0.3, 0.4) is 0 Å². The summed E-state index contributed by atoms with van der Waals surface area (Å²) in [5.74, 6) is -0.0103. The topological polar surface area (TPSA) is 59.0 Å². The number of ether oxygens (including phenoxy) is 2. The SMILES string of the molecule is CCOC1CC(c2ccc(F)cc2)C[C@]2(CCN(C(=O)O)CO2)C1. The predicted molar refractivity (Wildman–Crippen MR) is 86.4 cm³/mol. The Kier molecular flexibility index (Phi) is 5.06. The normalized spacial score (nSPS) is 30.5. The molecule has 1 amide bonds. The van der Waals surface area contributed by atoms with Gasteiger partial charge in [0, 0.05) is 19.6 Å². The summed E-state index contributed by atoms with van der Waals surface area (Å²) in [4.78, 5) is 12.4. The van der Waals surface area contributed by atoms with Crippen LogP contribution in [0, 0.1) is 5.82 Å². The number of rotatable bonds is 3. The Labute approximate surface area is 141 Å². The lowest BCUT2D eigenvalue weighted by atomic mass is 9.72. The van der Waals surface area contributed by atoms with E-state index in [1.807, 2.05) is 19.1 Å². The van der Waals surface area contributed by atoms with Gasteiger partial charge in [-0.1, -0.05) is 12.1 Å². The number of carbonyl (C=O) groups is 1. The summed E-state index contributed by atoms with van der Waals surface area (Å²) in [6, 6.07) is 6.63. The minimum absolute atomic E-state index is 0.0789. The van der Waals surface area contributed by atoms with E-state index in [9.17, 15) is 9.18 Å². The van der Waals surface area contributed by atoms with E-state index in [-0.39, 0.29) is 30.2 Å². The van der Waals surface area contributed by atoms with Gasteiger partial charge < -0.3 is 14.6 Å². The summed E-state index contributed by atoms with van der Waals surface area (Å²) < 4.78 is 25.1. The highest BCUT2D eigenvalue weighted by molar-refractivity contribution is 5.64. The molecule has 1 saturated carbocycles. The summed E-state index contributed by atoms with van der Waals surface area (Å²) in [6.07, 6.45) is 2.28. The Hall–Kier alpha value is -1.66. The van der Waals surface area contributed by atoms with Gasteiger partial charge in [0.2, 0.25) is 0 Å². The fourth-order valence-corrected chi connectivity index (χ4v) is 3.95. The van der Waals surface area contributed by atoms with Crippen LogP contribution in [0.25, 0.3) is 0 Å². The van der Waals surface area contributed by atoms with Crippen molar-refractivity contribution >= 4 is 6.09 Å². The van der Waals surface area contributed by atoms with E-state index in [0.717, 1.165) is 24.8 Å². The molecule has 0 aromatic heterocycles. The minimum atomic E-state index is -0.947. The van der Waals surface area contributed by atoms with Crippen LogP contribution in [-0.2, 0) is 9.47 Å². The van der Waals surface area contributed by atoms with Gasteiger partial charge in [0.25, 0.3) is 0 Å². The first kappa shape index (κ1) is 17.2. The maximum Gasteiger partial charge on any atom is 0.409 e. The molecule has 1 aromatic rings. The van der Waals surface area contributed by atoms with Crippen LogP contribution in [0.5, 0.6) is 0 Å². The van der Waals surface area contributed by atoms with E-state index >= 15 is 0 Å². The summed E-state index contributed by atoms with van der Waals surface area (Å²) >= 11 is 0. The molecule has 1 aliphatic carbocycles. The number of hydrogen-bond donors (Lipinski definition) is 1. The van der Waals surface area contributed by atoms with Crippen LogP contribution in [-0.4, -0.2) is 47.7 Å². The van der Waals surface area contributed by atoms with Crippen LogP contribution in [0.4, 0.5) is 9.18 Å². The fourth-order valence-electron chi connectivity index (χ4n) is 3.95. The highest BCUT2D eigenvalue weighted by Crippen LogP contribution is 2.45. The molecule has 0 bridgehead atoms. The molecule has 2 fully saturated rings. The second kappa shape index (κ2) is 7.07. The highest BCUT2D eigenvalue weighted by Gasteiger charge is 2.45. The number of nitrogens with zero attached hydrogens (tertiary/aromatic N) is 1. The molecule has 1 N–H and O–H groups in total. The van der Waals surface area contributed by atoms with E-state index in [1.54, 1.807) is 0 Å². The lowest BCUT2D eigenvalue weighted by molar-refractivity contribution is -0.169. The van der Waals surface area contributed by atoms with Crippen molar-refractivity contribution in [1.82, 2.24) is 4.90 Å². The molecule has 3 rings (SSSR count). The number of hydrogen-bond acceptors (Lipinski definition) is 3. The fraction of sp³-hybridized carbons (Fsp3) is 0.611. The Morgan fingerprint density at radius 2 is 2.17 bits per heavy atom. The van der Waals surface area contributed by atoms with Crippen molar-refractivity contribution in [2.24, 2.45) is 0 Å². The van der Waals surface area contributed by atoms with Crippen molar-refractivity contribution in [3.63, 3.8) is 0 Å². The van der Waals surface area contributed by atoms with E-state index in [2.05, 4.69) is 0 Å². The first-order valence-electron chi connectivity index (χ1n) is 8.50. The zero-order valence-corrected chi connectivity index (χ0v) is 13.9. The summed E-state index contributed by atoms with van der Waals surface area (Å²) in [6.45, 7) is 3.19. The van der Waals surface area contributed by atoms with Crippen molar-refractivity contribution in [1.29, 1.82) is 0 Å². The van der Waals surface area contributed by atoms with Gasteiger partial charge in [0.15, 0.2) is 0 Å². The molecule has 2 aliphatic rings. The number of benzene rings is 1. The molecule has 1 spiro atoms. The van der Waals surface area contributed by atoms with Gasteiger partial charge in [-0.15, -0.1) is 0 Å². The summed E-state index contributed by atoms with van der Waals surface area (Å²) in [5.41, 5.74) is 0.729. The molecule has 24 heavy (non-hydrogen) atoms. The maximum absolute atomic E-state index is 13.2. The average molecular weight is 337 g/mol. The summed E-state index contributed by atoms with van der Waals surface area (Å²) in [5, 5.41) is 9.10. The smallest absolute Gasteiger partial charge is 0.409 e. The third-order valence-electron chi connectivity index (χ3n) is 5.14. The quantitative estimate of drug-likeness (QED) is 0.916. The second-order valence-corrected chi connectivity index (χ2v) is 6.72. The lowest BCUT2D eigenvalue weighted by Gasteiger charge is -2.48. The number of carboxylic acid groups (broad SMARTS) is 1. The van der Waals surface area contributed by atoms with Crippen LogP contribution < -0.4 is 0 Å². The van der Waals surface area contributed by atoms with E-state index in [4.69, 9.17) is 14.6 Å². The number of amides is 1. The Morgan fingerprint density at radius 3 is 2.75 bits per heavy atom. The zero-order valence-electron chi connectivity index (χ0n) is 13.9. The van der Waals surface area contributed by atoms with Gasteiger partial charge in [-0.05, 0) is 49.8 Å². The molecule has 132 valence electrons. The van der Waals surface area contributed by atoms with Crippen LogP contribution in [0.1, 0.15) is 44.1 Å². The zero-order chi connectivity index (χ0) is 17.2. The monoisotopic (exact) mass is 337 g/mol. The van der Waals surface area contributed by atoms with Crippen LogP contribution in [0.15, 0.2) is 24.3 Å². The van der Waals surface area contributed by atoms with Crippen molar-refractivity contribution in [2.75, 3.05) is 19.9 Å². The molecule has 0 radical (unpaired) electrons. The van der Waals surface area contributed by atoms with Gasteiger partial charge in [0.05, 0.1) is 11.7 Å². The maximum atomic E-state index is 13.2. The van der Waals surface area contributed by atoms with E-state index < -0.39 is 6.09 Å². The Morgan fingerprint density at radius 1 is 1.42 bits per heavy atom. The number of halogens is 1. The molecule has 2 unspecified atom stereocenters. The largest absolute Gasteiger partial charge is 0.465 e. The Bertz CT molecular complexity index is 569. The lowest BCUT2D eigenvalue weighted by Crippen LogP contribution is -2.52. The third kappa shape index (κ3) is 3.70. The predicted octanol–water partition coefficient (Wildman–Crippen LogP) is 3.59.